The van der Waals surface area contributed by atoms with Gasteiger partial charge in [0.2, 0.25) is 0 Å². The van der Waals surface area contributed by atoms with E-state index in [0.717, 1.165) is 24.5 Å². The minimum atomic E-state index is -0.0605. The fourth-order valence-corrected chi connectivity index (χ4v) is 5.64. The van der Waals surface area contributed by atoms with Crippen molar-refractivity contribution in [2.45, 2.75) is 42.2 Å². The van der Waals surface area contributed by atoms with Crippen molar-refractivity contribution in [1.82, 2.24) is 14.7 Å². The van der Waals surface area contributed by atoms with Crippen LogP contribution >= 0.6 is 35.1 Å². The van der Waals surface area contributed by atoms with Gasteiger partial charge < -0.3 is 10.6 Å². The predicted molar refractivity (Wildman–Crippen MR) is 95.5 cm³/mol. The molecular weight excluding hydrogens is 324 g/mol. The Balaban J connectivity index is 2.11. The lowest BCUT2D eigenvalue weighted by molar-refractivity contribution is 0.366. The van der Waals surface area contributed by atoms with Crippen molar-refractivity contribution in [2.75, 3.05) is 26.4 Å². The third-order valence-corrected chi connectivity index (χ3v) is 7.69. The summed E-state index contributed by atoms with van der Waals surface area (Å²) in [7, 11) is 4.11. The Kier molecular flexibility index (Phi) is 6.32. The zero-order valence-corrected chi connectivity index (χ0v) is 15.5. The van der Waals surface area contributed by atoms with Gasteiger partial charge in [0, 0.05) is 28.0 Å². The van der Waals surface area contributed by atoms with Crippen LogP contribution in [0.3, 0.4) is 0 Å². The standard InChI is InChI=1S/C14H25ClN4S2/c1-9-10(2)21-12(8-20-9)13(16)14-11(15)7-17-19(14)6-5-18(3)4/h7,9-10,12-13H,5-6,8,16H2,1-4H3. The summed E-state index contributed by atoms with van der Waals surface area (Å²) in [6.45, 7) is 6.32. The summed E-state index contributed by atoms with van der Waals surface area (Å²) >= 11 is 10.3. The van der Waals surface area contributed by atoms with Gasteiger partial charge in [-0.05, 0) is 14.1 Å². The highest BCUT2D eigenvalue weighted by Gasteiger charge is 2.32. The molecule has 1 saturated heterocycles. The van der Waals surface area contributed by atoms with Gasteiger partial charge in [0.05, 0.1) is 29.5 Å². The molecule has 1 fully saturated rings. The molecule has 0 aliphatic carbocycles. The summed E-state index contributed by atoms with van der Waals surface area (Å²) in [5.74, 6) is 1.08. The van der Waals surface area contributed by atoms with Crippen LogP contribution in [-0.4, -0.2) is 56.8 Å². The van der Waals surface area contributed by atoms with Crippen molar-refractivity contribution < 1.29 is 0 Å². The van der Waals surface area contributed by atoms with Gasteiger partial charge in [0.1, 0.15) is 0 Å². The molecule has 2 rings (SSSR count). The Labute approximate surface area is 141 Å². The van der Waals surface area contributed by atoms with Crippen LogP contribution in [0.4, 0.5) is 0 Å². The number of hydrogen-bond donors (Lipinski definition) is 1. The number of aromatic nitrogens is 2. The molecule has 2 N–H and O–H groups in total. The Morgan fingerprint density at radius 3 is 2.81 bits per heavy atom. The lowest BCUT2D eigenvalue weighted by atomic mass is 10.1. The third-order valence-electron chi connectivity index (χ3n) is 3.88. The third kappa shape index (κ3) is 4.32. The van der Waals surface area contributed by atoms with Crippen molar-refractivity contribution in [3.63, 3.8) is 0 Å². The van der Waals surface area contributed by atoms with Gasteiger partial charge in [0.25, 0.3) is 0 Å². The number of halogens is 1. The normalized spacial score (nSPS) is 28.0. The summed E-state index contributed by atoms with van der Waals surface area (Å²) < 4.78 is 1.97. The molecule has 120 valence electrons. The minimum absolute atomic E-state index is 0.0605. The van der Waals surface area contributed by atoms with E-state index in [4.69, 9.17) is 17.3 Å². The van der Waals surface area contributed by atoms with Crippen molar-refractivity contribution in [1.29, 1.82) is 0 Å². The van der Waals surface area contributed by atoms with E-state index < -0.39 is 0 Å². The molecule has 1 aliphatic rings. The van der Waals surface area contributed by atoms with Crippen LogP contribution < -0.4 is 5.73 Å². The molecular formula is C14H25ClN4S2. The second-order valence-electron chi connectivity index (χ2n) is 5.85. The van der Waals surface area contributed by atoms with Gasteiger partial charge in [0.15, 0.2) is 0 Å². The molecule has 1 aromatic heterocycles. The molecule has 1 aromatic rings. The Morgan fingerprint density at radius 2 is 2.19 bits per heavy atom. The Hall–Kier alpha value is 0.120. The number of rotatable bonds is 5. The molecule has 21 heavy (non-hydrogen) atoms. The van der Waals surface area contributed by atoms with E-state index >= 15 is 0 Å². The summed E-state index contributed by atoms with van der Waals surface area (Å²) in [6.07, 6.45) is 1.72. The quantitative estimate of drug-likeness (QED) is 0.886. The zero-order chi connectivity index (χ0) is 15.6. The minimum Gasteiger partial charge on any atom is -0.322 e. The van der Waals surface area contributed by atoms with Crippen LogP contribution in [-0.2, 0) is 6.54 Å². The average Bonchev–Trinajstić information content (AvgIpc) is 2.80. The van der Waals surface area contributed by atoms with Gasteiger partial charge in [-0.3, -0.25) is 4.68 Å². The number of nitrogens with two attached hydrogens (primary N) is 1. The van der Waals surface area contributed by atoms with Crippen molar-refractivity contribution >= 4 is 35.1 Å². The highest BCUT2D eigenvalue weighted by Crippen LogP contribution is 2.41. The van der Waals surface area contributed by atoms with Crippen LogP contribution in [0.5, 0.6) is 0 Å². The highest BCUT2D eigenvalue weighted by molar-refractivity contribution is 8.07. The maximum Gasteiger partial charge on any atom is 0.0834 e. The Morgan fingerprint density at radius 1 is 1.48 bits per heavy atom. The first-order valence-corrected chi connectivity index (χ1v) is 9.65. The van der Waals surface area contributed by atoms with Gasteiger partial charge >= 0.3 is 0 Å². The first-order chi connectivity index (χ1) is 9.90. The van der Waals surface area contributed by atoms with E-state index in [1.807, 2.05) is 28.2 Å². The largest absolute Gasteiger partial charge is 0.322 e. The van der Waals surface area contributed by atoms with Crippen LogP contribution in [0.1, 0.15) is 25.6 Å². The molecule has 0 saturated carbocycles. The molecule has 4 unspecified atom stereocenters. The van der Waals surface area contributed by atoms with Crippen molar-refractivity contribution in [3.05, 3.63) is 16.9 Å². The monoisotopic (exact) mass is 348 g/mol. The average molecular weight is 349 g/mol. The van der Waals surface area contributed by atoms with Crippen LogP contribution in [0.15, 0.2) is 6.20 Å². The maximum atomic E-state index is 6.54. The molecule has 0 bridgehead atoms. The highest BCUT2D eigenvalue weighted by atomic mass is 35.5. The van der Waals surface area contributed by atoms with Crippen LogP contribution in [0.25, 0.3) is 0 Å². The molecule has 7 heteroatoms. The van der Waals surface area contributed by atoms with E-state index in [-0.39, 0.29) is 6.04 Å². The van der Waals surface area contributed by atoms with E-state index in [1.165, 1.54) is 0 Å². The molecule has 1 aliphatic heterocycles. The summed E-state index contributed by atoms with van der Waals surface area (Å²) in [5.41, 5.74) is 7.52. The summed E-state index contributed by atoms with van der Waals surface area (Å²) in [4.78, 5) is 2.14. The number of likely N-dealkylation sites (N-methyl/N-ethyl adjacent to an activating group) is 1. The fourth-order valence-electron chi connectivity index (χ4n) is 2.35. The van der Waals surface area contributed by atoms with Gasteiger partial charge in [-0.25, -0.2) is 0 Å². The Bertz CT molecular complexity index is 466. The van der Waals surface area contributed by atoms with E-state index in [9.17, 15) is 0 Å². The lowest BCUT2D eigenvalue weighted by Gasteiger charge is -2.34. The van der Waals surface area contributed by atoms with Crippen molar-refractivity contribution in [2.24, 2.45) is 5.73 Å². The molecule has 0 radical (unpaired) electrons. The van der Waals surface area contributed by atoms with E-state index in [1.54, 1.807) is 6.20 Å². The molecule has 4 atom stereocenters. The molecule has 0 amide bonds. The van der Waals surface area contributed by atoms with Gasteiger partial charge in [-0.1, -0.05) is 25.4 Å². The first kappa shape index (κ1) is 17.5. The maximum absolute atomic E-state index is 6.54. The van der Waals surface area contributed by atoms with Gasteiger partial charge in [-0.15, -0.1) is 0 Å². The molecule has 2 heterocycles. The molecule has 4 nitrogen and oxygen atoms in total. The summed E-state index contributed by atoms with van der Waals surface area (Å²) in [6, 6.07) is -0.0605. The second kappa shape index (κ2) is 7.59. The zero-order valence-electron chi connectivity index (χ0n) is 13.1. The van der Waals surface area contributed by atoms with Crippen LogP contribution in [0, 0.1) is 0 Å². The van der Waals surface area contributed by atoms with Crippen molar-refractivity contribution in [3.8, 4) is 0 Å². The SMILES string of the molecule is CC1SCC(C(N)c2c(Cl)cnn2CCN(C)C)SC1C. The molecule has 0 spiro atoms. The predicted octanol–water partition coefficient (Wildman–Crippen LogP) is 2.72. The van der Waals surface area contributed by atoms with E-state index in [0.29, 0.717) is 20.8 Å². The first-order valence-electron chi connectivity index (χ1n) is 7.28. The topological polar surface area (TPSA) is 47.1 Å². The number of thioether (sulfide) groups is 2. The molecule has 0 aromatic carbocycles. The van der Waals surface area contributed by atoms with E-state index in [2.05, 4.69) is 37.9 Å². The van der Waals surface area contributed by atoms with Crippen LogP contribution in [0.2, 0.25) is 5.02 Å². The number of nitrogens with zero attached hydrogens (tertiary/aromatic N) is 3. The second-order valence-corrected chi connectivity index (χ2v) is 9.29. The fraction of sp³-hybridized carbons (Fsp3) is 0.786. The lowest BCUT2D eigenvalue weighted by Crippen LogP contribution is -2.35. The smallest absolute Gasteiger partial charge is 0.0834 e. The summed E-state index contributed by atoms with van der Waals surface area (Å²) in [5, 5.41) is 6.80. The van der Waals surface area contributed by atoms with Gasteiger partial charge in [-0.2, -0.15) is 28.6 Å². The number of hydrogen-bond acceptors (Lipinski definition) is 5.